The maximum absolute atomic E-state index is 11.4. The van der Waals surface area contributed by atoms with Crippen LogP contribution < -0.4 is 0 Å². The molecule has 0 heterocycles. The highest BCUT2D eigenvalue weighted by Gasteiger charge is 2.34. The molecule has 0 bridgehead atoms. The van der Waals surface area contributed by atoms with Gasteiger partial charge in [0.2, 0.25) is 0 Å². The van der Waals surface area contributed by atoms with Crippen LogP contribution in [0.25, 0.3) is 0 Å². The van der Waals surface area contributed by atoms with Gasteiger partial charge in [-0.05, 0) is 0 Å². The first kappa shape index (κ1) is 13.7. The minimum atomic E-state index is -1.45. The van der Waals surface area contributed by atoms with E-state index in [1.807, 2.05) is 0 Å². The van der Waals surface area contributed by atoms with Gasteiger partial charge in [0.1, 0.15) is 13.2 Å². The number of ketones is 2. The number of esters is 1. The van der Waals surface area contributed by atoms with Gasteiger partial charge in [0.05, 0.1) is 7.11 Å². The third-order valence-electron chi connectivity index (χ3n) is 1.65. The minimum Gasteiger partial charge on any atom is -0.468 e. The van der Waals surface area contributed by atoms with Crippen molar-refractivity contribution in [3.63, 3.8) is 0 Å². The number of ether oxygens (including phenoxy) is 3. The molecule has 15 heavy (non-hydrogen) atoms. The molecule has 86 valence electrons. The number of methoxy groups -OCH3 is 3. The van der Waals surface area contributed by atoms with Crippen LogP contribution >= 0.6 is 0 Å². The molecule has 0 N–H and O–H groups in total. The summed E-state index contributed by atoms with van der Waals surface area (Å²) in [5.74, 6) is -3.60. The molecule has 0 atom stereocenters. The molecule has 0 aromatic carbocycles. The Bertz CT molecular complexity index is 229. The normalized spacial score (nSPS) is 10.1. The number of rotatable bonds is 7. The summed E-state index contributed by atoms with van der Waals surface area (Å²) in [6.07, 6.45) is 0. The van der Waals surface area contributed by atoms with Crippen molar-refractivity contribution in [3.8, 4) is 0 Å². The number of carbonyl (C=O) groups excluding carboxylic acids is 3. The van der Waals surface area contributed by atoms with E-state index in [1.54, 1.807) is 0 Å². The smallest absolute Gasteiger partial charge is 0.324 e. The van der Waals surface area contributed by atoms with Crippen molar-refractivity contribution in [1.82, 2.24) is 0 Å². The Labute approximate surface area is 87.5 Å². The Kier molecular flexibility index (Phi) is 6.48. The molecule has 0 aliphatic heterocycles. The van der Waals surface area contributed by atoms with Gasteiger partial charge in [-0.1, -0.05) is 0 Å². The third kappa shape index (κ3) is 4.18. The van der Waals surface area contributed by atoms with Gasteiger partial charge in [0, 0.05) is 14.2 Å². The van der Waals surface area contributed by atoms with Gasteiger partial charge >= 0.3 is 5.97 Å². The summed E-state index contributed by atoms with van der Waals surface area (Å²) in [5.41, 5.74) is 0. The first-order valence-electron chi connectivity index (χ1n) is 4.19. The second-order valence-electron chi connectivity index (χ2n) is 2.75. The molecule has 0 fully saturated rings. The van der Waals surface area contributed by atoms with Crippen molar-refractivity contribution in [3.05, 3.63) is 0 Å². The van der Waals surface area contributed by atoms with E-state index in [0.29, 0.717) is 0 Å². The molecule has 0 saturated carbocycles. The summed E-state index contributed by atoms with van der Waals surface area (Å²) in [6, 6.07) is 0. The first-order valence-corrected chi connectivity index (χ1v) is 4.19. The average molecular weight is 218 g/mol. The lowest BCUT2D eigenvalue weighted by Crippen LogP contribution is -2.37. The van der Waals surface area contributed by atoms with E-state index in [-0.39, 0.29) is 13.2 Å². The summed E-state index contributed by atoms with van der Waals surface area (Å²) in [7, 11) is 3.70. The standard InChI is InChI=1S/C9H14O6/c1-13-4-6(10)8(9(12)15-3)7(11)5-14-2/h8H,4-5H2,1-3H3. The van der Waals surface area contributed by atoms with Crippen LogP contribution in [0.15, 0.2) is 0 Å². The highest BCUT2D eigenvalue weighted by molar-refractivity contribution is 6.17. The lowest BCUT2D eigenvalue weighted by Gasteiger charge is -2.11. The molecule has 0 spiro atoms. The van der Waals surface area contributed by atoms with E-state index in [1.165, 1.54) is 14.2 Å². The minimum absolute atomic E-state index is 0.310. The van der Waals surface area contributed by atoms with Gasteiger partial charge in [-0.2, -0.15) is 0 Å². The summed E-state index contributed by atoms with van der Waals surface area (Å²) in [6.45, 7) is -0.621. The second-order valence-corrected chi connectivity index (χ2v) is 2.75. The van der Waals surface area contributed by atoms with Crippen molar-refractivity contribution in [2.45, 2.75) is 0 Å². The predicted molar refractivity (Wildman–Crippen MR) is 49.3 cm³/mol. The Morgan fingerprint density at radius 2 is 1.33 bits per heavy atom. The van der Waals surface area contributed by atoms with E-state index >= 15 is 0 Å². The van der Waals surface area contributed by atoms with Crippen LogP contribution in [0.3, 0.4) is 0 Å². The molecule has 0 radical (unpaired) electrons. The van der Waals surface area contributed by atoms with Crippen LogP contribution in [-0.4, -0.2) is 52.1 Å². The maximum Gasteiger partial charge on any atom is 0.324 e. The highest BCUT2D eigenvalue weighted by atomic mass is 16.5. The zero-order valence-electron chi connectivity index (χ0n) is 8.94. The van der Waals surface area contributed by atoms with Gasteiger partial charge in [-0.15, -0.1) is 0 Å². The predicted octanol–water partition coefficient (Wildman–Crippen LogP) is -0.793. The fourth-order valence-corrected chi connectivity index (χ4v) is 1.01. The van der Waals surface area contributed by atoms with Crippen LogP contribution in [0.1, 0.15) is 0 Å². The van der Waals surface area contributed by atoms with E-state index in [0.717, 1.165) is 7.11 Å². The molecule has 0 aliphatic carbocycles. The first-order chi connectivity index (χ1) is 7.08. The topological polar surface area (TPSA) is 78.9 Å². The fourth-order valence-electron chi connectivity index (χ4n) is 1.01. The molecule has 0 aromatic heterocycles. The van der Waals surface area contributed by atoms with Crippen molar-refractivity contribution >= 4 is 17.5 Å². The molecule has 6 nitrogen and oxygen atoms in total. The highest BCUT2D eigenvalue weighted by Crippen LogP contribution is 2.04. The van der Waals surface area contributed by atoms with E-state index in [9.17, 15) is 14.4 Å². The summed E-state index contributed by atoms with van der Waals surface area (Å²) in [4.78, 5) is 33.9. The summed E-state index contributed by atoms with van der Waals surface area (Å²) < 4.78 is 13.5. The molecular formula is C9H14O6. The van der Waals surface area contributed by atoms with Gasteiger partial charge in [-0.3, -0.25) is 14.4 Å². The van der Waals surface area contributed by atoms with Gasteiger partial charge < -0.3 is 14.2 Å². The lowest BCUT2D eigenvalue weighted by molar-refractivity contribution is -0.155. The Morgan fingerprint density at radius 3 is 1.60 bits per heavy atom. The van der Waals surface area contributed by atoms with Crippen molar-refractivity contribution in [2.24, 2.45) is 5.92 Å². The number of Topliss-reactive ketones (excluding diaryl/α,β-unsaturated/α-hetero) is 2. The van der Waals surface area contributed by atoms with Crippen LogP contribution in [0.2, 0.25) is 0 Å². The largest absolute Gasteiger partial charge is 0.468 e. The number of hydrogen-bond donors (Lipinski definition) is 0. The quantitative estimate of drug-likeness (QED) is 0.411. The van der Waals surface area contributed by atoms with Crippen LogP contribution in [-0.2, 0) is 28.6 Å². The molecule has 0 unspecified atom stereocenters. The number of carbonyl (C=O) groups is 3. The zero-order chi connectivity index (χ0) is 11.8. The molecule has 0 aliphatic rings. The zero-order valence-corrected chi connectivity index (χ0v) is 8.94. The average Bonchev–Trinajstić information content (AvgIpc) is 2.18. The molecule has 0 saturated heterocycles. The molecule has 6 heteroatoms. The Balaban J connectivity index is 4.64. The second kappa shape index (κ2) is 7.08. The fraction of sp³-hybridized carbons (Fsp3) is 0.667. The van der Waals surface area contributed by atoms with Gasteiger partial charge in [-0.25, -0.2) is 0 Å². The van der Waals surface area contributed by atoms with Crippen LogP contribution in [0, 0.1) is 5.92 Å². The summed E-state index contributed by atoms with van der Waals surface area (Å²) >= 11 is 0. The lowest BCUT2D eigenvalue weighted by atomic mass is 10.00. The van der Waals surface area contributed by atoms with Gasteiger partial charge in [0.25, 0.3) is 0 Å². The number of hydrogen-bond acceptors (Lipinski definition) is 6. The molecule has 0 aromatic rings. The SMILES string of the molecule is COCC(=O)C(C(=O)COC)C(=O)OC. The van der Waals surface area contributed by atoms with Crippen molar-refractivity contribution in [1.29, 1.82) is 0 Å². The molecular weight excluding hydrogens is 204 g/mol. The van der Waals surface area contributed by atoms with Gasteiger partial charge in [0.15, 0.2) is 17.5 Å². The van der Waals surface area contributed by atoms with E-state index < -0.39 is 23.5 Å². The van der Waals surface area contributed by atoms with E-state index in [2.05, 4.69) is 14.2 Å². The van der Waals surface area contributed by atoms with Crippen LogP contribution in [0.5, 0.6) is 0 Å². The van der Waals surface area contributed by atoms with E-state index in [4.69, 9.17) is 0 Å². The summed E-state index contributed by atoms with van der Waals surface area (Å²) in [5, 5.41) is 0. The molecule has 0 amide bonds. The van der Waals surface area contributed by atoms with Crippen molar-refractivity contribution < 1.29 is 28.6 Å². The Morgan fingerprint density at radius 1 is 0.933 bits per heavy atom. The molecule has 0 rings (SSSR count). The monoisotopic (exact) mass is 218 g/mol. The van der Waals surface area contributed by atoms with Crippen LogP contribution in [0.4, 0.5) is 0 Å². The maximum atomic E-state index is 11.4. The van der Waals surface area contributed by atoms with Crippen molar-refractivity contribution in [2.75, 3.05) is 34.5 Å². The third-order valence-corrected chi connectivity index (χ3v) is 1.65. The Hall–Kier alpha value is -1.27.